The molecule has 1 N–H and O–H groups in total. The van der Waals surface area contributed by atoms with Gasteiger partial charge in [-0.15, -0.1) is 0 Å². The Morgan fingerprint density at radius 1 is 0.952 bits per heavy atom. The summed E-state index contributed by atoms with van der Waals surface area (Å²) in [4.78, 5) is 9.03. The van der Waals surface area contributed by atoms with E-state index >= 15 is 0 Å². The topological polar surface area (TPSA) is 37.8 Å². The van der Waals surface area contributed by atoms with Crippen molar-refractivity contribution in [2.45, 2.75) is 13.8 Å². The predicted octanol–water partition coefficient (Wildman–Crippen LogP) is 4.09. The number of anilines is 1. The maximum Gasteiger partial charge on any atom is 0.165 e. The van der Waals surface area contributed by atoms with Crippen LogP contribution < -0.4 is 5.32 Å². The number of fused-ring (bicyclic) bond motifs is 1. The van der Waals surface area contributed by atoms with Crippen LogP contribution in [-0.2, 0) is 0 Å². The number of halogens is 1. The van der Waals surface area contributed by atoms with Crippen LogP contribution in [0.4, 0.5) is 10.2 Å². The molecule has 3 rings (SSSR count). The van der Waals surface area contributed by atoms with E-state index < -0.39 is 0 Å². The summed E-state index contributed by atoms with van der Waals surface area (Å²) in [7, 11) is 1.81. The molecule has 2 aromatic carbocycles. The van der Waals surface area contributed by atoms with Gasteiger partial charge >= 0.3 is 0 Å². The smallest absolute Gasteiger partial charge is 0.165 e. The molecule has 0 saturated carbocycles. The minimum atomic E-state index is -0.271. The highest BCUT2D eigenvalue weighted by Gasteiger charge is 2.14. The second kappa shape index (κ2) is 5.13. The number of benzene rings is 2. The van der Waals surface area contributed by atoms with Crippen molar-refractivity contribution in [2.24, 2.45) is 0 Å². The Balaban J connectivity index is 2.34. The minimum absolute atomic E-state index is 0.271. The number of para-hydroxylation sites is 1. The lowest BCUT2D eigenvalue weighted by Gasteiger charge is -2.11. The van der Waals surface area contributed by atoms with Gasteiger partial charge in [0.05, 0.1) is 11.1 Å². The van der Waals surface area contributed by atoms with Crippen LogP contribution in [0.2, 0.25) is 0 Å². The molecule has 3 aromatic rings. The first-order chi connectivity index (χ1) is 10.1. The van der Waals surface area contributed by atoms with Crippen LogP contribution in [0.15, 0.2) is 36.4 Å². The molecular weight excluding hydrogens is 265 g/mol. The summed E-state index contributed by atoms with van der Waals surface area (Å²) in [6.07, 6.45) is 0. The van der Waals surface area contributed by atoms with E-state index in [0.717, 1.165) is 16.5 Å². The van der Waals surface area contributed by atoms with Crippen LogP contribution in [-0.4, -0.2) is 17.0 Å². The zero-order valence-electron chi connectivity index (χ0n) is 12.2. The highest BCUT2D eigenvalue weighted by molar-refractivity contribution is 5.92. The van der Waals surface area contributed by atoms with Gasteiger partial charge in [0.2, 0.25) is 0 Å². The Labute approximate surface area is 122 Å². The van der Waals surface area contributed by atoms with Crippen LogP contribution >= 0.6 is 0 Å². The molecule has 1 aromatic heterocycles. The summed E-state index contributed by atoms with van der Waals surface area (Å²) >= 11 is 0. The van der Waals surface area contributed by atoms with Crippen molar-refractivity contribution in [3.63, 3.8) is 0 Å². The first-order valence-corrected chi connectivity index (χ1v) is 6.82. The van der Waals surface area contributed by atoms with Crippen molar-refractivity contribution < 1.29 is 4.39 Å². The summed E-state index contributed by atoms with van der Waals surface area (Å²) in [5.41, 5.74) is 2.90. The Kier molecular flexibility index (Phi) is 3.29. The molecular formula is C17H16FN3. The molecule has 0 atom stereocenters. The van der Waals surface area contributed by atoms with Crippen LogP contribution in [0.5, 0.6) is 0 Å². The molecule has 21 heavy (non-hydrogen) atoms. The normalized spacial score (nSPS) is 10.9. The lowest BCUT2D eigenvalue weighted by molar-refractivity contribution is 0.621. The number of aryl methyl sites for hydroxylation is 2. The molecule has 0 amide bonds. The van der Waals surface area contributed by atoms with Gasteiger partial charge < -0.3 is 5.32 Å². The predicted molar refractivity (Wildman–Crippen MR) is 84.0 cm³/mol. The fourth-order valence-electron chi connectivity index (χ4n) is 2.43. The molecule has 0 fully saturated rings. The number of nitrogens with zero attached hydrogens (tertiary/aromatic N) is 2. The molecule has 3 nitrogen and oxygen atoms in total. The van der Waals surface area contributed by atoms with E-state index in [9.17, 15) is 4.39 Å². The molecule has 0 radical (unpaired) electrons. The van der Waals surface area contributed by atoms with Crippen LogP contribution in [0, 0.1) is 19.7 Å². The van der Waals surface area contributed by atoms with Crippen molar-refractivity contribution in [3.05, 3.63) is 53.3 Å². The van der Waals surface area contributed by atoms with E-state index in [4.69, 9.17) is 0 Å². The lowest BCUT2D eigenvalue weighted by atomic mass is 10.1. The summed E-state index contributed by atoms with van der Waals surface area (Å²) in [5.74, 6) is 0.842. The number of aromatic nitrogens is 2. The zero-order chi connectivity index (χ0) is 15.0. The monoisotopic (exact) mass is 281 g/mol. The van der Waals surface area contributed by atoms with E-state index in [1.165, 1.54) is 0 Å². The maximum atomic E-state index is 14.3. The lowest BCUT2D eigenvalue weighted by Crippen LogP contribution is -2.01. The summed E-state index contributed by atoms with van der Waals surface area (Å²) < 4.78 is 14.3. The molecule has 0 aliphatic heterocycles. The van der Waals surface area contributed by atoms with Crippen molar-refractivity contribution >= 4 is 16.7 Å². The van der Waals surface area contributed by atoms with E-state index in [0.29, 0.717) is 22.8 Å². The third kappa shape index (κ3) is 2.23. The quantitative estimate of drug-likeness (QED) is 0.768. The van der Waals surface area contributed by atoms with Crippen molar-refractivity contribution in [2.75, 3.05) is 12.4 Å². The van der Waals surface area contributed by atoms with Crippen LogP contribution in [0.1, 0.15) is 11.1 Å². The third-order valence-corrected chi connectivity index (χ3v) is 3.60. The highest BCUT2D eigenvalue weighted by atomic mass is 19.1. The van der Waals surface area contributed by atoms with E-state index in [2.05, 4.69) is 15.3 Å². The van der Waals surface area contributed by atoms with Gasteiger partial charge in [0, 0.05) is 12.4 Å². The fourth-order valence-corrected chi connectivity index (χ4v) is 2.43. The molecule has 1 heterocycles. The Morgan fingerprint density at radius 3 is 2.43 bits per heavy atom. The average Bonchev–Trinajstić information content (AvgIpc) is 2.49. The standard InChI is InChI=1S/C17H16FN3/c1-10-6-4-8-12(14(10)18)17-20-15-11(2)7-5-9-13(15)16(19-3)21-17/h4-9H,1-3H3,(H,19,20,21). The third-order valence-electron chi connectivity index (χ3n) is 3.60. The zero-order valence-corrected chi connectivity index (χ0v) is 12.2. The number of nitrogens with one attached hydrogen (secondary N) is 1. The Bertz CT molecular complexity index is 828. The minimum Gasteiger partial charge on any atom is -0.373 e. The SMILES string of the molecule is CNc1nc(-c2cccc(C)c2F)nc2c(C)cccc12. The van der Waals surface area contributed by atoms with E-state index in [1.54, 1.807) is 26.1 Å². The molecule has 0 unspecified atom stereocenters. The molecule has 0 aliphatic carbocycles. The molecule has 0 aliphatic rings. The van der Waals surface area contributed by atoms with Gasteiger partial charge in [-0.25, -0.2) is 14.4 Å². The van der Waals surface area contributed by atoms with Gasteiger partial charge in [0.15, 0.2) is 5.82 Å². The average molecular weight is 281 g/mol. The Hall–Kier alpha value is -2.49. The number of rotatable bonds is 2. The molecule has 0 saturated heterocycles. The molecule has 4 heteroatoms. The van der Waals surface area contributed by atoms with Gasteiger partial charge in [-0.3, -0.25) is 0 Å². The van der Waals surface area contributed by atoms with Gasteiger partial charge in [-0.05, 0) is 37.1 Å². The van der Waals surface area contributed by atoms with Crippen LogP contribution in [0.25, 0.3) is 22.3 Å². The summed E-state index contributed by atoms with van der Waals surface area (Å²) in [5, 5.41) is 4.01. The maximum absolute atomic E-state index is 14.3. The number of hydrogen-bond donors (Lipinski definition) is 1. The highest BCUT2D eigenvalue weighted by Crippen LogP contribution is 2.28. The van der Waals surface area contributed by atoms with E-state index in [1.807, 2.05) is 31.2 Å². The van der Waals surface area contributed by atoms with Crippen molar-refractivity contribution in [3.8, 4) is 11.4 Å². The van der Waals surface area contributed by atoms with Crippen molar-refractivity contribution in [1.82, 2.24) is 9.97 Å². The second-order valence-corrected chi connectivity index (χ2v) is 5.05. The van der Waals surface area contributed by atoms with Crippen molar-refractivity contribution in [1.29, 1.82) is 0 Å². The largest absolute Gasteiger partial charge is 0.373 e. The first-order valence-electron chi connectivity index (χ1n) is 6.82. The second-order valence-electron chi connectivity index (χ2n) is 5.05. The molecule has 106 valence electrons. The van der Waals surface area contributed by atoms with Gasteiger partial charge in [0.1, 0.15) is 11.6 Å². The fraction of sp³-hybridized carbons (Fsp3) is 0.176. The van der Waals surface area contributed by atoms with Gasteiger partial charge in [-0.1, -0.05) is 24.3 Å². The Morgan fingerprint density at radius 2 is 1.67 bits per heavy atom. The van der Waals surface area contributed by atoms with Gasteiger partial charge in [0.25, 0.3) is 0 Å². The van der Waals surface area contributed by atoms with Gasteiger partial charge in [-0.2, -0.15) is 0 Å². The summed E-state index contributed by atoms with van der Waals surface area (Å²) in [6.45, 7) is 3.73. The molecule has 0 spiro atoms. The summed E-state index contributed by atoms with van der Waals surface area (Å²) in [6, 6.07) is 11.2. The molecule has 0 bridgehead atoms. The van der Waals surface area contributed by atoms with E-state index in [-0.39, 0.29) is 5.82 Å². The number of hydrogen-bond acceptors (Lipinski definition) is 3. The first kappa shape index (κ1) is 13.5. The van der Waals surface area contributed by atoms with Crippen LogP contribution in [0.3, 0.4) is 0 Å².